The molecule has 6 nitrogen and oxygen atoms in total. The van der Waals surface area contributed by atoms with Gasteiger partial charge in [-0.05, 0) is 12.3 Å². The van der Waals surface area contributed by atoms with Gasteiger partial charge in [-0.1, -0.05) is 0 Å². The van der Waals surface area contributed by atoms with Crippen molar-refractivity contribution in [1.29, 1.82) is 0 Å². The molecule has 0 aromatic carbocycles. The van der Waals surface area contributed by atoms with Gasteiger partial charge in [0, 0.05) is 19.6 Å². The molecule has 98 valence electrons. The van der Waals surface area contributed by atoms with E-state index in [0.29, 0.717) is 39.3 Å². The fourth-order valence-electron chi connectivity index (χ4n) is 2.14. The van der Waals surface area contributed by atoms with Crippen LogP contribution in [-0.4, -0.2) is 63.7 Å². The van der Waals surface area contributed by atoms with E-state index in [-0.39, 0.29) is 23.5 Å². The van der Waals surface area contributed by atoms with Crippen LogP contribution in [0.1, 0.15) is 6.42 Å². The summed E-state index contributed by atoms with van der Waals surface area (Å²) in [5.74, 6) is 0.534. The summed E-state index contributed by atoms with van der Waals surface area (Å²) in [6, 6.07) is -0.113. The Labute approximate surface area is 101 Å². The molecule has 0 aromatic heterocycles. The minimum Gasteiger partial charge on any atom is -0.378 e. The van der Waals surface area contributed by atoms with E-state index in [2.05, 4.69) is 5.32 Å². The fourth-order valence-corrected chi connectivity index (χ4v) is 4.00. The lowest BCUT2D eigenvalue weighted by Gasteiger charge is -2.27. The van der Waals surface area contributed by atoms with Crippen LogP contribution in [0.5, 0.6) is 0 Å². The summed E-state index contributed by atoms with van der Waals surface area (Å²) in [7, 11) is -2.85. The van der Waals surface area contributed by atoms with Crippen molar-refractivity contribution >= 4 is 15.9 Å². The molecule has 2 aliphatic heterocycles. The van der Waals surface area contributed by atoms with E-state index in [1.807, 2.05) is 0 Å². The lowest BCUT2D eigenvalue weighted by atomic mass is 10.1. The number of carbonyl (C=O) groups excluding carboxylic acids is 1. The van der Waals surface area contributed by atoms with E-state index in [0.717, 1.165) is 0 Å². The lowest BCUT2D eigenvalue weighted by Crippen LogP contribution is -2.47. The zero-order chi connectivity index (χ0) is 12.3. The van der Waals surface area contributed by atoms with Gasteiger partial charge >= 0.3 is 6.03 Å². The maximum atomic E-state index is 11.7. The van der Waals surface area contributed by atoms with Crippen LogP contribution in [0.15, 0.2) is 0 Å². The summed E-state index contributed by atoms with van der Waals surface area (Å²) in [4.78, 5) is 13.4. The van der Waals surface area contributed by atoms with Gasteiger partial charge in [0.05, 0.1) is 24.7 Å². The second-order valence-corrected chi connectivity index (χ2v) is 6.78. The molecule has 17 heavy (non-hydrogen) atoms. The Morgan fingerprint density at radius 3 is 2.65 bits per heavy atom. The van der Waals surface area contributed by atoms with E-state index in [1.54, 1.807) is 4.90 Å². The predicted octanol–water partition coefficient (Wildman–Crippen LogP) is -0.537. The number of nitrogens with zero attached hydrogens (tertiary/aromatic N) is 1. The van der Waals surface area contributed by atoms with Crippen molar-refractivity contribution in [2.75, 3.05) is 44.4 Å². The van der Waals surface area contributed by atoms with Gasteiger partial charge in [-0.25, -0.2) is 13.2 Å². The maximum absolute atomic E-state index is 11.7. The molecule has 2 amide bonds. The highest BCUT2D eigenvalue weighted by atomic mass is 32.2. The number of ether oxygens (including phenoxy) is 1. The molecular weight excluding hydrogens is 244 g/mol. The molecule has 2 saturated heterocycles. The van der Waals surface area contributed by atoms with Crippen LogP contribution in [0.25, 0.3) is 0 Å². The summed E-state index contributed by atoms with van der Waals surface area (Å²) in [6.45, 7) is 2.81. The van der Waals surface area contributed by atoms with Crippen molar-refractivity contribution < 1.29 is 17.9 Å². The van der Waals surface area contributed by atoms with Crippen LogP contribution >= 0.6 is 0 Å². The lowest BCUT2D eigenvalue weighted by molar-refractivity contribution is 0.0530. The summed E-state index contributed by atoms with van der Waals surface area (Å²) in [5.41, 5.74) is 0. The topological polar surface area (TPSA) is 75.7 Å². The summed E-state index contributed by atoms with van der Waals surface area (Å²) in [5, 5.41) is 2.80. The number of sulfone groups is 1. The predicted molar refractivity (Wildman–Crippen MR) is 62.6 cm³/mol. The van der Waals surface area contributed by atoms with Crippen molar-refractivity contribution in [3.05, 3.63) is 0 Å². The molecule has 1 N–H and O–H groups in total. The third-order valence-electron chi connectivity index (χ3n) is 3.17. The van der Waals surface area contributed by atoms with Gasteiger partial charge in [0.25, 0.3) is 0 Å². The Hall–Kier alpha value is -0.820. The average molecular weight is 262 g/mol. The smallest absolute Gasteiger partial charge is 0.317 e. The number of nitrogens with one attached hydrogen (secondary N) is 1. The molecule has 0 aromatic rings. The molecule has 0 unspecified atom stereocenters. The molecule has 0 spiro atoms. The van der Waals surface area contributed by atoms with Gasteiger partial charge in [0.1, 0.15) is 0 Å². The quantitative estimate of drug-likeness (QED) is 0.725. The number of rotatable bonds is 2. The van der Waals surface area contributed by atoms with Crippen molar-refractivity contribution in [1.82, 2.24) is 10.2 Å². The Balaban J connectivity index is 1.73. The molecule has 0 saturated carbocycles. The zero-order valence-corrected chi connectivity index (χ0v) is 10.5. The Morgan fingerprint density at radius 2 is 2.06 bits per heavy atom. The van der Waals surface area contributed by atoms with Gasteiger partial charge in [-0.2, -0.15) is 0 Å². The first-order valence-corrected chi connectivity index (χ1v) is 7.70. The molecule has 2 heterocycles. The van der Waals surface area contributed by atoms with E-state index in [4.69, 9.17) is 4.74 Å². The van der Waals surface area contributed by atoms with E-state index in [9.17, 15) is 13.2 Å². The Kier molecular flexibility index (Phi) is 3.88. The zero-order valence-electron chi connectivity index (χ0n) is 9.72. The molecule has 0 bridgehead atoms. The second kappa shape index (κ2) is 5.22. The minimum atomic E-state index is -2.85. The molecule has 2 fully saturated rings. The summed E-state index contributed by atoms with van der Waals surface area (Å²) < 4.78 is 27.6. The SMILES string of the molecule is O=C(NC[C@@H]1CCS(=O)(=O)C1)N1CCOCC1. The normalized spacial score (nSPS) is 28.0. The van der Waals surface area contributed by atoms with Crippen molar-refractivity contribution in [2.45, 2.75) is 6.42 Å². The number of hydrogen-bond acceptors (Lipinski definition) is 4. The number of urea groups is 1. The second-order valence-electron chi connectivity index (χ2n) is 4.55. The van der Waals surface area contributed by atoms with Crippen molar-refractivity contribution in [3.63, 3.8) is 0 Å². The first kappa shape index (κ1) is 12.6. The van der Waals surface area contributed by atoms with Crippen LogP contribution in [0.2, 0.25) is 0 Å². The van der Waals surface area contributed by atoms with Crippen molar-refractivity contribution in [3.8, 4) is 0 Å². The van der Waals surface area contributed by atoms with Crippen LogP contribution in [0.3, 0.4) is 0 Å². The largest absolute Gasteiger partial charge is 0.378 e. The Morgan fingerprint density at radius 1 is 1.35 bits per heavy atom. The van der Waals surface area contributed by atoms with Crippen LogP contribution < -0.4 is 5.32 Å². The van der Waals surface area contributed by atoms with Gasteiger partial charge in [0.2, 0.25) is 0 Å². The maximum Gasteiger partial charge on any atom is 0.317 e. The van der Waals surface area contributed by atoms with Gasteiger partial charge in [-0.15, -0.1) is 0 Å². The van der Waals surface area contributed by atoms with Crippen LogP contribution in [0, 0.1) is 5.92 Å². The van der Waals surface area contributed by atoms with Gasteiger partial charge in [0.15, 0.2) is 9.84 Å². The fraction of sp³-hybridized carbons (Fsp3) is 0.900. The molecular formula is C10H18N2O4S. The monoisotopic (exact) mass is 262 g/mol. The molecule has 2 aliphatic rings. The molecule has 0 aliphatic carbocycles. The highest BCUT2D eigenvalue weighted by molar-refractivity contribution is 7.91. The highest BCUT2D eigenvalue weighted by Crippen LogP contribution is 2.17. The van der Waals surface area contributed by atoms with E-state index in [1.165, 1.54) is 0 Å². The van der Waals surface area contributed by atoms with E-state index >= 15 is 0 Å². The molecule has 2 rings (SSSR count). The first-order valence-electron chi connectivity index (χ1n) is 5.88. The molecule has 0 radical (unpaired) electrons. The number of morpholine rings is 1. The number of carbonyl (C=O) groups is 1. The highest BCUT2D eigenvalue weighted by Gasteiger charge is 2.28. The first-order chi connectivity index (χ1) is 8.07. The molecule has 1 atom stereocenters. The minimum absolute atomic E-state index is 0.0741. The standard InChI is InChI=1S/C10H18N2O4S/c13-10(12-2-4-16-5-3-12)11-7-9-1-6-17(14,15)8-9/h9H,1-8H2,(H,11,13)/t9-/m0/s1. The van der Waals surface area contributed by atoms with Crippen molar-refractivity contribution in [2.24, 2.45) is 5.92 Å². The van der Waals surface area contributed by atoms with Gasteiger partial charge in [-0.3, -0.25) is 0 Å². The average Bonchev–Trinajstić information content (AvgIpc) is 2.67. The third kappa shape index (κ3) is 3.57. The summed E-state index contributed by atoms with van der Waals surface area (Å²) in [6.07, 6.45) is 0.658. The summed E-state index contributed by atoms with van der Waals surface area (Å²) >= 11 is 0. The van der Waals surface area contributed by atoms with Crippen LogP contribution in [0.4, 0.5) is 4.79 Å². The van der Waals surface area contributed by atoms with E-state index < -0.39 is 9.84 Å². The third-order valence-corrected chi connectivity index (χ3v) is 5.00. The number of amides is 2. The Bertz CT molecular complexity index is 376. The molecule has 7 heteroatoms. The van der Waals surface area contributed by atoms with Gasteiger partial charge < -0.3 is 15.0 Å². The number of hydrogen-bond donors (Lipinski definition) is 1. The van der Waals surface area contributed by atoms with Crippen LogP contribution in [-0.2, 0) is 14.6 Å².